The summed E-state index contributed by atoms with van der Waals surface area (Å²) < 4.78 is 46.8. The topological polar surface area (TPSA) is 103 Å². The molecule has 0 aliphatic rings. The average Bonchev–Trinajstić information content (AvgIpc) is 2.97. The monoisotopic (exact) mass is 345 g/mol. The van der Waals surface area contributed by atoms with Gasteiger partial charge in [0.15, 0.2) is 0 Å². The van der Waals surface area contributed by atoms with Crippen LogP contribution in [0.5, 0.6) is 0 Å². The van der Waals surface area contributed by atoms with Crippen molar-refractivity contribution in [3.63, 3.8) is 0 Å². The minimum atomic E-state index is -4.68. The van der Waals surface area contributed by atoms with Gasteiger partial charge in [-0.3, -0.25) is 0 Å². The molecule has 2 heterocycles. The Labute approximate surface area is 134 Å². The number of carbonyl (C=O) groups is 1. The molecule has 0 unspecified atom stereocenters. The third-order valence-corrected chi connectivity index (χ3v) is 2.89. The van der Waals surface area contributed by atoms with E-state index in [1.165, 1.54) is 13.1 Å². The van der Waals surface area contributed by atoms with Gasteiger partial charge in [0.05, 0.1) is 17.9 Å². The van der Waals surface area contributed by atoms with Crippen LogP contribution in [-0.2, 0) is 10.9 Å². The molecule has 0 bridgehead atoms. The third kappa shape index (κ3) is 3.97. The van der Waals surface area contributed by atoms with Gasteiger partial charge < -0.3 is 14.6 Å². The third-order valence-electron chi connectivity index (χ3n) is 2.89. The van der Waals surface area contributed by atoms with Crippen molar-refractivity contribution in [2.75, 3.05) is 11.9 Å². The van der Waals surface area contributed by atoms with Crippen LogP contribution in [0.3, 0.4) is 0 Å². The highest BCUT2D eigenvalue weighted by atomic mass is 19.4. The van der Waals surface area contributed by atoms with Crippen molar-refractivity contribution in [2.24, 2.45) is 0 Å². The van der Waals surface area contributed by atoms with E-state index in [0.717, 1.165) is 0 Å². The summed E-state index contributed by atoms with van der Waals surface area (Å²) in [6.07, 6.45) is -3.42. The molecule has 2 aromatic rings. The van der Waals surface area contributed by atoms with Crippen LogP contribution in [0, 0.1) is 6.92 Å². The lowest BCUT2D eigenvalue weighted by atomic mass is 10.2. The summed E-state index contributed by atoms with van der Waals surface area (Å²) in [6, 6.07) is -0.763. The largest absolute Gasteiger partial charge is 0.462 e. The molecule has 2 rings (SSSR count). The maximum absolute atomic E-state index is 12.5. The van der Waals surface area contributed by atoms with Gasteiger partial charge in [0, 0.05) is 6.20 Å². The van der Waals surface area contributed by atoms with Crippen LogP contribution in [-0.4, -0.2) is 32.7 Å². The van der Waals surface area contributed by atoms with Crippen molar-refractivity contribution in [1.82, 2.24) is 20.1 Å². The molecule has 0 fully saturated rings. The van der Waals surface area contributed by atoms with Crippen molar-refractivity contribution < 1.29 is 27.2 Å². The van der Waals surface area contributed by atoms with Gasteiger partial charge in [-0.25, -0.2) is 14.8 Å². The van der Waals surface area contributed by atoms with Gasteiger partial charge in [0.1, 0.15) is 6.04 Å². The molecule has 0 aromatic carbocycles. The highest BCUT2D eigenvalue weighted by Crippen LogP contribution is 2.27. The molecule has 0 spiro atoms. The zero-order valence-electron chi connectivity index (χ0n) is 13.0. The Morgan fingerprint density at radius 3 is 2.67 bits per heavy atom. The van der Waals surface area contributed by atoms with E-state index >= 15 is 0 Å². The molecule has 8 nitrogen and oxygen atoms in total. The standard InChI is InChI=1S/C13H14F3N5O3/c1-4-23-10(22)8-5-17-12(18-6(8)2)19-7(3)9-20-11(21-24-9)13(14,15)16/h5,7H,4H2,1-3H3,(H,17,18,19)/t7-/m1/s1. The SMILES string of the molecule is CCOC(=O)c1cnc(N[C@H](C)c2nc(C(F)(F)F)no2)nc1C. The molecule has 24 heavy (non-hydrogen) atoms. The fraction of sp³-hybridized carbons (Fsp3) is 0.462. The lowest BCUT2D eigenvalue weighted by Crippen LogP contribution is -2.14. The number of nitrogens with one attached hydrogen (secondary N) is 1. The average molecular weight is 345 g/mol. The number of aromatic nitrogens is 4. The number of hydrogen-bond acceptors (Lipinski definition) is 8. The molecule has 0 aliphatic carbocycles. The summed E-state index contributed by atoms with van der Waals surface area (Å²) in [6.45, 7) is 4.98. The predicted octanol–water partition coefficient (Wildman–Crippen LogP) is 2.54. The second kappa shape index (κ2) is 6.81. The number of anilines is 1. The summed E-state index contributed by atoms with van der Waals surface area (Å²) in [5.74, 6) is -2.08. The number of rotatable bonds is 5. The summed E-state index contributed by atoms with van der Waals surface area (Å²) in [5.41, 5.74) is 0.562. The Balaban J connectivity index is 2.12. The van der Waals surface area contributed by atoms with Crippen molar-refractivity contribution in [3.8, 4) is 0 Å². The van der Waals surface area contributed by atoms with E-state index in [1.807, 2.05) is 0 Å². The van der Waals surface area contributed by atoms with Crippen molar-refractivity contribution in [3.05, 3.63) is 29.2 Å². The van der Waals surface area contributed by atoms with Crippen LogP contribution in [0.1, 0.15) is 47.7 Å². The Kier molecular flexibility index (Phi) is 5.00. The van der Waals surface area contributed by atoms with E-state index in [2.05, 4.69) is 29.9 Å². The molecular formula is C13H14F3N5O3. The maximum atomic E-state index is 12.5. The van der Waals surface area contributed by atoms with Gasteiger partial charge in [-0.2, -0.15) is 18.2 Å². The summed E-state index contributed by atoms with van der Waals surface area (Å²) in [4.78, 5) is 22.9. The van der Waals surface area contributed by atoms with Crippen LogP contribution in [0.4, 0.5) is 19.1 Å². The number of nitrogens with zero attached hydrogens (tertiary/aromatic N) is 4. The second-order valence-corrected chi connectivity index (χ2v) is 4.73. The number of alkyl halides is 3. The first-order valence-corrected chi connectivity index (χ1v) is 6.90. The zero-order chi connectivity index (χ0) is 17.9. The molecule has 0 amide bonds. The van der Waals surface area contributed by atoms with Crippen molar-refractivity contribution >= 4 is 11.9 Å². The first-order chi connectivity index (χ1) is 11.2. The molecule has 0 saturated heterocycles. The minimum absolute atomic E-state index is 0.0970. The fourth-order valence-corrected chi connectivity index (χ4v) is 1.73. The van der Waals surface area contributed by atoms with Crippen LogP contribution >= 0.6 is 0 Å². The molecule has 0 saturated carbocycles. The Morgan fingerprint density at radius 1 is 1.42 bits per heavy atom. The van der Waals surface area contributed by atoms with Crippen molar-refractivity contribution in [1.29, 1.82) is 0 Å². The number of esters is 1. The van der Waals surface area contributed by atoms with Crippen LogP contribution < -0.4 is 5.32 Å². The molecule has 1 atom stereocenters. The van der Waals surface area contributed by atoms with Gasteiger partial charge >= 0.3 is 12.1 Å². The lowest BCUT2D eigenvalue weighted by molar-refractivity contribution is -0.146. The van der Waals surface area contributed by atoms with Gasteiger partial charge in [-0.05, 0) is 20.8 Å². The van der Waals surface area contributed by atoms with Gasteiger partial charge in [-0.1, -0.05) is 5.16 Å². The number of ether oxygens (including phenoxy) is 1. The lowest BCUT2D eigenvalue weighted by Gasteiger charge is -2.11. The van der Waals surface area contributed by atoms with Crippen molar-refractivity contribution in [2.45, 2.75) is 33.0 Å². The summed E-state index contributed by atoms with van der Waals surface area (Å²) >= 11 is 0. The van der Waals surface area contributed by atoms with Crippen LogP contribution in [0.25, 0.3) is 0 Å². The van der Waals surface area contributed by atoms with Gasteiger partial charge in [0.2, 0.25) is 11.8 Å². The van der Waals surface area contributed by atoms with E-state index in [0.29, 0.717) is 5.69 Å². The molecule has 0 radical (unpaired) electrons. The highest BCUT2D eigenvalue weighted by Gasteiger charge is 2.37. The molecule has 0 aliphatic heterocycles. The quantitative estimate of drug-likeness (QED) is 0.825. The van der Waals surface area contributed by atoms with E-state index in [-0.39, 0.29) is 24.0 Å². The smallest absolute Gasteiger partial charge is 0.455 e. The normalized spacial score (nSPS) is 12.8. The minimum Gasteiger partial charge on any atom is -0.462 e. The first kappa shape index (κ1) is 17.6. The number of carbonyl (C=O) groups excluding carboxylic acids is 1. The number of aryl methyl sites for hydroxylation is 1. The second-order valence-electron chi connectivity index (χ2n) is 4.73. The van der Waals surface area contributed by atoms with Crippen LogP contribution in [0.15, 0.2) is 10.7 Å². The number of halogens is 3. The molecule has 11 heteroatoms. The predicted molar refractivity (Wildman–Crippen MR) is 74.1 cm³/mol. The zero-order valence-corrected chi connectivity index (χ0v) is 13.0. The van der Waals surface area contributed by atoms with Crippen LogP contribution in [0.2, 0.25) is 0 Å². The van der Waals surface area contributed by atoms with E-state index in [4.69, 9.17) is 4.74 Å². The van der Waals surface area contributed by atoms with Gasteiger partial charge in [0.25, 0.3) is 5.82 Å². The Bertz CT molecular complexity index is 732. The Morgan fingerprint density at radius 2 is 2.12 bits per heavy atom. The van der Waals surface area contributed by atoms with Gasteiger partial charge in [-0.15, -0.1) is 0 Å². The van der Waals surface area contributed by atoms with E-state index < -0.39 is 24.0 Å². The van der Waals surface area contributed by atoms with E-state index in [1.54, 1.807) is 13.8 Å². The Hall–Kier alpha value is -2.72. The first-order valence-electron chi connectivity index (χ1n) is 6.90. The molecular weight excluding hydrogens is 331 g/mol. The summed E-state index contributed by atoms with van der Waals surface area (Å²) in [5, 5.41) is 5.60. The molecule has 130 valence electrons. The molecule has 1 N–H and O–H groups in total. The fourth-order valence-electron chi connectivity index (χ4n) is 1.73. The van der Waals surface area contributed by atoms with E-state index in [9.17, 15) is 18.0 Å². The highest BCUT2D eigenvalue weighted by molar-refractivity contribution is 5.90. The maximum Gasteiger partial charge on any atom is 0.455 e. The molecule has 2 aromatic heterocycles. The number of hydrogen-bond donors (Lipinski definition) is 1. The summed E-state index contributed by atoms with van der Waals surface area (Å²) in [7, 11) is 0.